The lowest BCUT2D eigenvalue weighted by Crippen LogP contribution is -2.03. The van der Waals surface area contributed by atoms with E-state index in [4.69, 9.17) is 0 Å². The minimum absolute atomic E-state index is 0.773. The van der Waals surface area contributed by atoms with Crippen LogP contribution >= 0.6 is 0 Å². The molecule has 0 aromatic carbocycles. The standard InChI is InChI=1S/2C8H16.C2H4/c1-2-8-6-4-3-5-7-8;1-4-6-7-8(3)5-2;1-2/h8H,2-7H2,1H3;6-8H,4-5H2,1-3H3;1-2H2/b;7-6-;. The van der Waals surface area contributed by atoms with Gasteiger partial charge < -0.3 is 0 Å². The highest BCUT2D eigenvalue weighted by atomic mass is 14.2. The number of allylic oxidation sites excluding steroid dienone is 2. The molecule has 1 atom stereocenters. The molecule has 0 heterocycles. The summed E-state index contributed by atoms with van der Waals surface area (Å²) in [5, 5.41) is 0. The molecule has 0 radical (unpaired) electrons. The SMILES string of the molecule is C=C.CC/C=C\C(C)CC.CCC1CCCCC1. The van der Waals surface area contributed by atoms with E-state index >= 15 is 0 Å². The van der Waals surface area contributed by atoms with Gasteiger partial charge >= 0.3 is 0 Å². The molecule has 18 heavy (non-hydrogen) atoms. The van der Waals surface area contributed by atoms with Gasteiger partial charge in [0.15, 0.2) is 0 Å². The molecular formula is C18H36. The molecule has 0 nitrogen and oxygen atoms in total. The summed E-state index contributed by atoms with van der Waals surface area (Å²) in [7, 11) is 0. The first-order chi connectivity index (χ1) is 8.74. The van der Waals surface area contributed by atoms with Crippen molar-refractivity contribution in [3.05, 3.63) is 25.3 Å². The maximum absolute atomic E-state index is 3.00. The number of hydrogen-bond acceptors (Lipinski definition) is 0. The van der Waals surface area contributed by atoms with Gasteiger partial charge in [-0.15, -0.1) is 13.2 Å². The van der Waals surface area contributed by atoms with Crippen molar-refractivity contribution in [2.75, 3.05) is 0 Å². The molecule has 1 unspecified atom stereocenters. The van der Waals surface area contributed by atoms with E-state index in [9.17, 15) is 0 Å². The molecule has 0 aromatic rings. The van der Waals surface area contributed by atoms with Crippen LogP contribution in [0, 0.1) is 11.8 Å². The Morgan fingerprint density at radius 3 is 1.94 bits per heavy atom. The van der Waals surface area contributed by atoms with Crippen LogP contribution in [0.4, 0.5) is 0 Å². The molecule has 1 fully saturated rings. The third kappa shape index (κ3) is 13.5. The molecule has 0 aliphatic heterocycles. The monoisotopic (exact) mass is 252 g/mol. The Labute approximate surface area is 117 Å². The van der Waals surface area contributed by atoms with Crippen LogP contribution in [-0.4, -0.2) is 0 Å². The van der Waals surface area contributed by atoms with Crippen molar-refractivity contribution in [3.8, 4) is 0 Å². The minimum Gasteiger partial charge on any atom is -0.106 e. The molecule has 0 amide bonds. The third-order valence-corrected chi connectivity index (χ3v) is 3.65. The van der Waals surface area contributed by atoms with E-state index in [1.807, 2.05) is 0 Å². The predicted molar refractivity (Wildman–Crippen MR) is 87.0 cm³/mol. The fourth-order valence-electron chi connectivity index (χ4n) is 2.10. The van der Waals surface area contributed by atoms with E-state index in [0.717, 1.165) is 11.8 Å². The maximum Gasteiger partial charge on any atom is -0.0265 e. The Morgan fingerprint density at radius 2 is 1.61 bits per heavy atom. The Hall–Kier alpha value is -0.520. The number of rotatable bonds is 4. The van der Waals surface area contributed by atoms with Crippen molar-refractivity contribution in [1.82, 2.24) is 0 Å². The van der Waals surface area contributed by atoms with Crippen LogP contribution in [0.2, 0.25) is 0 Å². The summed E-state index contributed by atoms with van der Waals surface area (Å²) in [6.07, 6.45) is 15.9. The summed E-state index contributed by atoms with van der Waals surface area (Å²) in [5.74, 6) is 1.86. The fourth-order valence-corrected chi connectivity index (χ4v) is 2.10. The molecule has 1 aliphatic rings. The average Bonchev–Trinajstić information content (AvgIpc) is 2.48. The second-order valence-electron chi connectivity index (χ2n) is 5.13. The molecule has 0 heteroatoms. The van der Waals surface area contributed by atoms with Gasteiger partial charge in [-0.1, -0.05) is 84.8 Å². The van der Waals surface area contributed by atoms with E-state index in [1.54, 1.807) is 0 Å². The van der Waals surface area contributed by atoms with Gasteiger partial charge in [-0.05, 0) is 18.3 Å². The highest BCUT2D eigenvalue weighted by Crippen LogP contribution is 2.25. The van der Waals surface area contributed by atoms with E-state index < -0.39 is 0 Å². The van der Waals surface area contributed by atoms with Crippen LogP contribution in [0.5, 0.6) is 0 Å². The van der Waals surface area contributed by atoms with E-state index in [0.29, 0.717) is 0 Å². The summed E-state index contributed by atoms with van der Waals surface area (Å²) in [5.41, 5.74) is 0. The zero-order chi connectivity index (χ0) is 14.2. The lowest BCUT2D eigenvalue weighted by atomic mass is 9.88. The fraction of sp³-hybridized carbons (Fsp3) is 0.778. The summed E-state index contributed by atoms with van der Waals surface area (Å²) >= 11 is 0. The molecule has 0 spiro atoms. The molecule has 0 N–H and O–H groups in total. The van der Waals surface area contributed by atoms with Gasteiger partial charge in [-0.25, -0.2) is 0 Å². The summed E-state index contributed by atoms with van der Waals surface area (Å²) < 4.78 is 0. The van der Waals surface area contributed by atoms with Gasteiger partial charge in [-0.2, -0.15) is 0 Å². The topological polar surface area (TPSA) is 0 Å². The lowest BCUT2D eigenvalue weighted by Gasteiger charge is -2.18. The molecule has 1 aliphatic carbocycles. The smallest absolute Gasteiger partial charge is 0.0265 e. The van der Waals surface area contributed by atoms with Crippen LogP contribution in [0.25, 0.3) is 0 Å². The second-order valence-corrected chi connectivity index (χ2v) is 5.13. The Balaban J connectivity index is 0. The first-order valence-corrected chi connectivity index (χ1v) is 7.91. The quantitative estimate of drug-likeness (QED) is 0.484. The molecule has 1 rings (SSSR count). The lowest BCUT2D eigenvalue weighted by molar-refractivity contribution is 0.349. The Kier molecular flexibility index (Phi) is 18.1. The van der Waals surface area contributed by atoms with Gasteiger partial charge in [0.2, 0.25) is 0 Å². The van der Waals surface area contributed by atoms with Crippen LogP contribution in [0.15, 0.2) is 25.3 Å². The summed E-state index contributed by atoms with van der Waals surface area (Å²) in [6.45, 7) is 14.9. The molecule has 1 saturated carbocycles. The number of hydrogen-bond donors (Lipinski definition) is 0. The average molecular weight is 252 g/mol. The maximum atomic E-state index is 3.00. The van der Waals surface area contributed by atoms with Gasteiger partial charge in [-0.3, -0.25) is 0 Å². The van der Waals surface area contributed by atoms with Crippen molar-refractivity contribution in [1.29, 1.82) is 0 Å². The van der Waals surface area contributed by atoms with E-state index in [1.165, 1.54) is 51.4 Å². The minimum atomic E-state index is 0.773. The molecule has 0 saturated heterocycles. The summed E-state index contributed by atoms with van der Waals surface area (Å²) in [6, 6.07) is 0. The molecule has 0 bridgehead atoms. The van der Waals surface area contributed by atoms with Crippen LogP contribution in [-0.2, 0) is 0 Å². The molecule has 0 aromatic heterocycles. The molecule has 108 valence electrons. The van der Waals surface area contributed by atoms with Crippen molar-refractivity contribution >= 4 is 0 Å². The van der Waals surface area contributed by atoms with Crippen molar-refractivity contribution < 1.29 is 0 Å². The van der Waals surface area contributed by atoms with Crippen LogP contribution in [0.1, 0.15) is 79.1 Å². The first-order valence-electron chi connectivity index (χ1n) is 7.91. The zero-order valence-corrected chi connectivity index (χ0v) is 13.4. The molecular weight excluding hydrogens is 216 g/mol. The van der Waals surface area contributed by atoms with E-state index in [-0.39, 0.29) is 0 Å². The highest BCUT2D eigenvalue weighted by molar-refractivity contribution is 4.84. The zero-order valence-electron chi connectivity index (χ0n) is 13.4. The van der Waals surface area contributed by atoms with Gasteiger partial charge in [0.1, 0.15) is 0 Å². The predicted octanol–water partition coefficient (Wildman–Crippen LogP) is 6.78. The van der Waals surface area contributed by atoms with Crippen LogP contribution < -0.4 is 0 Å². The van der Waals surface area contributed by atoms with Crippen molar-refractivity contribution in [2.24, 2.45) is 11.8 Å². The van der Waals surface area contributed by atoms with Crippen molar-refractivity contribution in [3.63, 3.8) is 0 Å². The van der Waals surface area contributed by atoms with Gasteiger partial charge in [0.25, 0.3) is 0 Å². The van der Waals surface area contributed by atoms with Crippen molar-refractivity contribution in [2.45, 2.75) is 79.1 Å². The largest absolute Gasteiger partial charge is 0.106 e. The van der Waals surface area contributed by atoms with Crippen LogP contribution in [0.3, 0.4) is 0 Å². The normalized spacial score (nSPS) is 17.3. The van der Waals surface area contributed by atoms with Gasteiger partial charge in [0.05, 0.1) is 0 Å². The second kappa shape index (κ2) is 16.5. The highest BCUT2D eigenvalue weighted by Gasteiger charge is 2.09. The van der Waals surface area contributed by atoms with E-state index in [2.05, 4.69) is 53.0 Å². The Morgan fingerprint density at radius 1 is 1.06 bits per heavy atom. The van der Waals surface area contributed by atoms with Gasteiger partial charge in [0, 0.05) is 0 Å². The first kappa shape index (κ1) is 19.8. The summed E-state index contributed by atoms with van der Waals surface area (Å²) in [4.78, 5) is 0. The third-order valence-electron chi connectivity index (χ3n) is 3.65. The Bertz CT molecular complexity index is 163.